The molecule has 1 aliphatic rings. The van der Waals surface area contributed by atoms with Crippen LogP contribution in [0, 0.1) is 6.92 Å². The summed E-state index contributed by atoms with van der Waals surface area (Å²) in [6.45, 7) is 4.04. The molecule has 0 spiro atoms. The molecule has 1 fully saturated rings. The van der Waals surface area contributed by atoms with Gasteiger partial charge < -0.3 is 15.3 Å². The van der Waals surface area contributed by atoms with Crippen LogP contribution in [0.2, 0.25) is 0 Å². The highest BCUT2D eigenvalue weighted by Gasteiger charge is 2.22. The average Bonchev–Trinajstić information content (AvgIpc) is 2.67. The highest BCUT2D eigenvalue weighted by Crippen LogP contribution is 2.27. The minimum absolute atomic E-state index is 0.0225. The third kappa shape index (κ3) is 3.51. The van der Waals surface area contributed by atoms with Crippen LogP contribution in [-0.4, -0.2) is 29.2 Å². The van der Waals surface area contributed by atoms with Gasteiger partial charge in [-0.1, -0.05) is 30.3 Å². The number of hydrogen-bond acceptors (Lipinski definition) is 4. The molecular weight excluding hydrogens is 322 g/mol. The second kappa shape index (κ2) is 7.34. The number of aromatic nitrogens is 1. The number of hydrogen-bond donors (Lipinski definition) is 2. The lowest BCUT2D eigenvalue weighted by Crippen LogP contribution is -2.40. The van der Waals surface area contributed by atoms with E-state index in [1.54, 1.807) is 0 Å². The number of aliphatic hydroxyl groups excluding tert-OH is 1. The molecule has 0 atom stereocenters. The van der Waals surface area contributed by atoms with Gasteiger partial charge in [-0.3, -0.25) is 0 Å². The predicted octanol–water partition coefficient (Wildman–Crippen LogP) is 4.12. The Bertz CT molecular complexity index is 901. The minimum atomic E-state index is 0.0225. The topological polar surface area (TPSA) is 48.4 Å². The molecule has 1 aromatic heterocycles. The highest BCUT2D eigenvalue weighted by atomic mass is 16.3. The Balaban J connectivity index is 1.48. The largest absolute Gasteiger partial charge is 0.392 e. The van der Waals surface area contributed by atoms with E-state index in [-0.39, 0.29) is 6.61 Å². The maximum atomic E-state index is 9.80. The standard InChI is InChI=1S/C22H25N3O/c1-16-5-4-7-20(13-16)23-19-9-11-25(12-10-19)22-18(15-26)14-17-6-2-3-8-21(17)24-22/h2-8,13-14,19,23,26H,9-12,15H2,1H3. The molecule has 1 saturated heterocycles. The number of pyridine rings is 1. The maximum absolute atomic E-state index is 9.80. The lowest BCUT2D eigenvalue weighted by molar-refractivity contribution is 0.281. The first-order valence-corrected chi connectivity index (χ1v) is 9.30. The van der Waals surface area contributed by atoms with Gasteiger partial charge in [0, 0.05) is 35.8 Å². The Morgan fingerprint density at radius 1 is 1.08 bits per heavy atom. The number of aliphatic hydroxyl groups is 1. The summed E-state index contributed by atoms with van der Waals surface area (Å²) in [5.74, 6) is 0.931. The van der Waals surface area contributed by atoms with E-state index in [9.17, 15) is 5.11 Å². The number of nitrogens with one attached hydrogen (secondary N) is 1. The van der Waals surface area contributed by atoms with E-state index >= 15 is 0 Å². The maximum Gasteiger partial charge on any atom is 0.134 e. The van der Waals surface area contributed by atoms with Crippen molar-refractivity contribution in [2.24, 2.45) is 0 Å². The molecule has 4 rings (SSSR count). The first-order valence-electron chi connectivity index (χ1n) is 9.30. The van der Waals surface area contributed by atoms with Gasteiger partial charge in [0.1, 0.15) is 5.82 Å². The summed E-state index contributed by atoms with van der Waals surface area (Å²) in [4.78, 5) is 7.15. The highest BCUT2D eigenvalue weighted by molar-refractivity contribution is 5.81. The lowest BCUT2D eigenvalue weighted by Gasteiger charge is -2.34. The van der Waals surface area contributed by atoms with Crippen molar-refractivity contribution in [1.82, 2.24) is 4.98 Å². The first kappa shape index (κ1) is 16.9. The molecule has 0 amide bonds. The Hall–Kier alpha value is -2.59. The number of aryl methyl sites for hydroxylation is 1. The summed E-state index contributed by atoms with van der Waals surface area (Å²) >= 11 is 0. The Morgan fingerprint density at radius 2 is 1.88 bits per heavy atom. The Labute approximate surface area is 154 Å². The zero-order chi connectivity index (χ0) is 17.9. The van der Waals surface area contributed by atoms with Crippen molar-refractivity contribution in [2.45, 2.75) is 32.4 Å². The van der Waals surface area contributed by atoms with Gasteiger partial charge in [0.25, 0.3) is 0 Å². The van der Waals surface area contributed by atoms with Crippen LogP contribution in [-0.2, 0) is 6.61 Å². The van der Waals surface area contributed by atoms with Crippen LogP contribution >= 0.6 is 0 Å². The van der Waals surface area contributed by atoms with E-state index in [1.165, 1.54) is 11.3 Å². The Morgan fingerprint density at radius 3 is 2.65 bits per heavy atom. The normalized spacial score (nSPS) is 15.4. The third-order valence-corrected chi connectivity index (χ3v) is 5.13. The third-order valence-electron chi connectivity index (χ3n) is 5.13. The fourth-order valence-electron chi connectivity index (χ4n) is 3.75. The smallest absolute Gasteiger partial charge is 0.134 e. The van der Waals surface area contributed by atoms with Crippen molar-refractivity contribution in [1.29, 1.82) is 0 Å². The van der Waals surface area contributed by atoms with Gasteiger partial charge in [-0.05, 0) is 49.6 Å². The summed E-state index contributed by atoms with van der Waals surface area (Å²) in [5, 5.41) is 14.5. The van der Waals surface area contributed by atoms with Crippen molar-refractivity contribution < 1.29 is 5.11 Å². The summed E-state index contributed by atoms with van der Waals surface area (Å²) in [7, 11) is 0. The first-order chi connectivity index (χ1) is 12.7. The Kier molecular flexibility index (Phi) is 4.76. The summed E-state index contributed by atoms with van der Waals surface area (Å²) < 4.78 is 0. The van der Waals surface area contributed by atoms with Gasteiger partial charge in [0.2, 0.25) is 0 Å². The van der Waals surface area contributed by atoms with Crippen LogP contribution in [0.3, 0.4) is 0 Å². The molecule has 1 aliphatic heterocycles. The fourth-order valence-corrected chi connectivity index (χ4v) is 3.75. The van der Waals surface area contributed by atoms with E-state index in [0.717, 1.165) is 48.2 Å². The molecule has 0 radical (unpaired) electrons. The quantitative estimate of drug-likeness (QED) is 0.745. The molecule has 2 N–H and O–H groups in total. The van der Waals surface area contributed by atoms with Gasteiger partial charge in [0.05, 0.1) is 12.1 Å². The molecule has 2 heterocycles. The van der Waals surface area contributed by atoms with E-state index in [1.807, 2.05) is 24.3 Å². The summed E-state index contributed by atoms with van der Waals surface area (Å²) in [6.07, 6.45) is 2.13. The van der Waals surface area contributed by atoms with Gasteiger partial charge in [-0.2, -0.15) is 0 Å². The van der Waals surface area contributed by atoms with Crippen molar-refractivity contribution in [3.8, 4) is 0 Å². The summed E-state index contributed by atoms with van der Waals surface area (Å²) in [5.41, 5.74) is 4.37. The molecule has 0 bridgehead atoms. The fraction of sp³-hybridized carbons (Fsp3) is 0.318. The summed E-state index contributed by atoms with van der Waals surface area (Å²) in [6, 6.07) is 19.2. The van der Waals surface area contributed by atoms with Gasteiger partial charge in [-0.25, -0.2) is 4.98 Å². The van der Waals surface area contributed by atoms with Crippen LogP contribution in [0.4, 0.5) is 11.5 Å². The average molecular weight is 347 g/mol. The van der Waals surface area contributed by atoms with Crippen molar-refractivity contribution in [3.05, 3.63) is 65.7 Å². The zero-order valence-electron chi connectivity index (χ0n) is 15.2. The minimum Gasteiger partial charge on any atom is -0.392 e. The number of nitrogens with zero attached hydrogens (tertiary/aromatic N) is 2. The molecule has 0 saturated carbocycles. The number of para-hydroxylation sites is 1. The van der Waals surface area contributed by atoms with Gasteiger partial charge in [0.15, 0.2) is 0 Å². The monoisotopic (exact) mass is 347 g/mol. The molecule has 3 aromatic rings. The van der Waals surface area contributed by atoms with E-state index < -0.39 is 0 Å². The molecule has 0 unspecified atom stereocenters. The molecule has 26 heavy (non-hydrogen) atoms. The zero-order valence-corrected chi connectivity index (χ0v) is 15.2. The van der Waals surface area contributed by atoms with E-state index in [4.69, 9.17) is 4.98 Å². The predicted molar refractivity (Wildman–Crippen MR) is 108 cm³/mol. The number of anilines is 2. The second-order valence-electron chi connectivity index (χ2n) is 7.10. The molecule has 4 nitrogen and oxygen atoms in total. The molecule has 134 valence electrons. The van der Waals surface area contributed by atoms with Crippen LogP contribution in [0.5, 0.6) is 0 Å². The van der Waals surface area contributed by atoms with Crippen LogP contribution in [0.1, 0.15) is 24.0 Å². The number of fused-ring (bicyclic) bond motifs is 1. The lowest BCUT2D eigenvalue weighted by atomic mass is 10.0. The van der Waals surface area contributed by atoms with Crippen molar-refractivity contribution >= 4 is 22.4 Å². The van der Waals surface area contributed by atoms with Crippen LogP contribution in [0.25, 0.3) is 10.9 Å². The van der Waals surface area contributed by atoms with Crippen molar-refractivity contribution in [3.63, 3.8) is 0 Å². The molecule has 4 heteroatoms. The van der Waals surface area contributed by atoms with Gasteiger partial charge >= 0.3 is 0 Å². The van der Waals surface area contributed by atoms with Crippen molar-refractivity contribution in [2.75, 3.05) is 23.3 Å². The number of benzene rings is 2. The molecule has 0 aliphatic carbocycles. The van der Waals surface area contributed by atoms with Gasteiger partial charge in [-0.15, -0.1) is 0 Å². The SMILES string of the molecule is Cc1cccc(NC2CCN(c3nc4ccccc4cc3CO)CC2)c1. The molecule has 2 aromatic carbocycles. The van der Waals surface area contributed by atoms with E-state index in [2.05, 4.69) is 47.5 Å². The number of piperidine rings is 1. The molecular formula is C22H25N3O. The second-order valence-corrected chi connectivity index (χ2v) is 7.10. The van der Waals surface area contributed by atoms with E-state index in [0.29, 0.717) is 6.04 Å². The van der Waals surface area contributed by atoms with Crippen LogP contribution < -0.4 is 10.2 Å². The number of rotatable bonds is 4. The van der Waals surface area contributed by atoms with Crippen LogP contribution in [0.15, 0.2) is 54.6 Å².